The predicted octanol–water partition coefficient (Wildman–Crippen LogP) is 6.11. The molecule has 1 aliphatic carbocycles. The molecule has 218 valence electrons. The molecule has 1 N–H and O–H groups in total. The number of benzene rings is 1. The van der Waals surface area contributed by atoms with Crippen LogP contribution in [0.3, 0.4) is 0 Å². The lowest BCUT2D eigenvalue weighted by Gasteiger charge is -2.26. The van der Waals surface area contributed by atoms with E-state index in [1.807, 2.05) is 0 Å². The normalized spacial score (nSPS) is 18.2. The highest BCUT2D eigenvalue weighted by Gasteiger charge is 2.36. The zero-order valence-corrected chi connectivity index (χ0v) is 23.1. The number of ether oxygens (including phenoxy) is 1. The van der Waals surface area contributed by atoms with Gasteiger partial charge in [0.25, 0.3) is 5.91 Å². The number of carbonyl (C=O) groups excluding carboxylic acids is 1. The minimum atomic E-state index is -4.40. The van der Waals surface area contributed by atoms with Crippen molar-refractivity contribution < 1.29 is 39.9 Å². The van der Waals surface area contributed by atoms with Crippen LogP contribution in [0.4, 0.5) is 22.0 Å². The van der Waals surface area contributed by atoms with E-state index in [0.717, 1.165) is 32.6 Å². The summed E-state index contributed by atoms with van der Waals surface area (Å²) in [6.07, 6.45) is -0.385. The van der Waals surface area contributed by atoms with Gasteiger partial charge < -0.3 is 10.1 Å². The van der Waals surface area contributed by atoms with Crippen LogP contribution in [0, 0.1) is 24.7 Å². The lowest BCUT2D eigenvalue weighted by Crippen LogP contribution is -2.31. The van der Waals surface area contributed by atoms with Gasteiger partial charge in [-0.15, -0.1) is 0 Å². The van der Waals surface area contributed by atoms with Crippen LogP contribution in [0.25, 0.3) is 11.3 Å². The number of alkyl halides is 5. The molecule has 1 atom stereocenters. The van der Waals surface area contributed by atoms with Crippen molar-refractivity contribution >= 4 is 17.5 Å². The summed E-state index contributed by atoms with van der Waals surface area (Å²) in [6.45, 7) is 4.48. The van der Waals surface area contributed by atoms with Crippen molar-refractivity contribution in [2.24, 2.45) is 17.8 Å². The van der Waals surface area contributed by atoms with Gasteiger partial charge in [0.2, 0.25) is 0 Å². The number of amides is 1. The first-order chi connectivity index (χ1) is 18.3. The molecule has 1 aromatic carbocycles. The van der Waals surface area contributed by atoms with Gasteiger partial charge in [-0.05, 0) is 62.6 Å². The van der Waals surface area contributed by atoms with Crippen molar-refractivity contribution in [1.29, 1.82) is 0 Å². The van der Waals surface area contributed by atoms with E-state index < -0.39 is 30.3 Å². The third kappa shape index (κ3) is 9.11. The molecule has 1 heterocycles. The second kappa shape index (κ2) is 14.5. The van der Waals surface area contributed by atoms with E-state index in [-0.39, 0.29) is 34.9 Å². The standard InChI is InChI=1S/C26H34F5N3O2.O2S/c1-5-34-23(17(4)22(33-34)24(35)32-14-18-8-6-15(2)7-9-18)20-11-10-19(12-16(3)26(29,30)31)13-21(20)36-25(27)28;1-3-2/h10-11,13,15-16,18,25H,5-9,12,14H2,1-4H3,(H,32,35);. The Labute approximate surface area is 228 Å². The lowest BCUT2D eigenvalue weighted by molar-refractivity contribution is -0.169. The van der Waals surface area contributed by atoms with Gasteiger partial charge in [-0.2, -0.15) is 35.5 Å². The highest BCUT2D eigenvalue weighted by Crippen LogP contribution is 2.37. The molecular weight excluding hydrogens is 545 g/mol. The fourth-order valence-electron chi connectivity index (χ4n) is 4.74. The number of nitrogens with one attached hydrogen (secondary N) is 1. The number of nitrogens with zero attached hydrogens (tertiary/aromatic N) is 2. The summed E-state index contributed by atoms with van der Waals surface area (Å²) in [7, 11) is 0. The summed E-state index contributed by atoms with van der Waals surface area (Å²) in [5.41, 5.74) is 1.56. The van der Waals surface area contributed by atoms with Crippen molar-refractivity contribution in [2.75, 3.05) is 6.54 Å². The maximum absolute atomic E-state index is 13.2. The fourth-order valence-corrected chi connectivity index (χ4v) is 4.74. The molecule has 0 saturated heterocycles. The maximum atomic E-state index is 13.2. The third-order valence-electron chi connectivity index (χ3n) is 7.01. The Morgan fingerprint density at radius 1 is 1.21 bits per heavy atom. The molecule has 1 unspecified atom stereocenters. The van der Waals surface area contributed by atoms with Crippen molar-refractivity contribution in [3.8, 4) is 17.0 Å². The molecule has 3 rings (SSSR count). The predicted molar refractivity (Wildman–Crippen MR) is 136 cm³/mol. The zero-order chi connectivity index (χ0) is 29.3. The van der Waals surface area contributed by atoms with Crippen LogP contribution in [0.2, 0.25) is 0 Å². The molecule has 0 radical (unpaired) electrons. The quantitative estimate of drug-likeness (QED) is 0.362. The van der Waals surface area contributed by atoms with Gasteiger partial charge >= 0.3 is 24.4 Å². The molecule has 1 aromatic heterocycles. The minimum Gasteiger partial charge on any atom is -0.434 e. The SMILES string of the molecule is CCn1nc(C(=O)NCC2CCC(C)CC2)c(C)c1-c1ccc(CC(C)C(F)(F)F)cc1OC(F)F.O=S=O. The molecule has 0 aliphatic heterocycles. The molecule has 1 fully saturated rings. The van der Waals surface area contributed by atoms with E-state index in [0.29, 0.717) is 36.2 Å². The highest BCUT2D eigenvalue weighted by atomic mass is 32.1. The lowest BCUT2D eigenvalue weighted by atomic mass is 9.83. The van der Waals surface area contributed by atoms with E-state index in [4.69, 9.17) is 13.2 Å². The Bertz CT molecular complexity index is 1140. The first kappa shape index (κ1) is 32.4. The van der Waals surface area contributed by atoms with E-state index in [9.17, 15) is 26.7 Å². The number of aryl methyl sites for hydroxylation is 1. The second-order valence-electron chi connectivity index (χ2n) is 9.90. The Morgan fingerprint density at radius 2 is 1.82 bits per heavy atom. The van der Waals surface area contributed by atoms with Gasteiger partial charge in [-0.1, -0.05) is 32.8 Å². The largest absolute Gasteiger partial charge is 0.434 e. The Hall–Kier alpha value is -2.83. The Balaban J connectivity index is 0.00000170. The van der Waals surface area contributed by atoms with Crippen molar-refractivity contribution in [1.82, 2.24) is 15.1 Å². The molecule has 39 heavy (non-hydrogen) atoms. The van der Waals surface area contributed by atoms with E-state index in [1.54, 1.807) is 13.8 Å². The van der Waals surface area contributed by atoms with E-state index in [1.165, 1.54) is 22.9 Å². The minimum absolute atomic E-state index is 0.189. The molecule has 1 saturated carbocycles. The summed E-state index contributed by atoms with van der Waals surface area (Å²) < 4.78 is 88.3. The van der Waals surface area contributed by atoms with E-state index >= 15 is 0 Å². The van der Waals surface area contributed by atoms with Crippen molar-refractivity contribution in [3.05, 3.63) is 35.0 Å². The molecule has 1 aliphatic rings. The highest BCUT2D eigenvalue weighted by molar-refractivity contribution is 7.51. The number of rotatable bonds is 9. The molecular formula is C26H34F5N3O4S. The second-order valence-corrected chi connectivity index (χ2v) is 10.0. The number of carbonyl (C=O) groups is 1. The van der Waals surface area contributed by atoms with Crippen LogP contribution in [0.5, 0.6) is 5.75 Å². The fraction of sp³-hybridized carbons (Fsp3) is 0.615. The van der Waals surface area contributed by atoms with Gasteiger partial charge in [-0.25, -0.2) is 0 Å². The summed E-state index contributed by atoms with van der Waals surface area (Å²) in [4.78, 5) is 13.0. The summed E-state index contributed by atoms with van der Waals surface area (Å²) in [6, 6.07) is 4.13. The van der Waals surface area contributed by atoms with Crippen LogP contribution in [0.15, 0.2) is 18.2 Å². The molecule has 7 nitrogen and oxygen atoms in total. The molecule has 2 aromatic rings. The molecule has 1 amide bonds. The smallest absolute Gasteiger partial charge is 0.391 e. The Morgan fingerprint density at radius 3 is 2.36 bits per heavy atom. The van der Waals surface area contributed by atoms with Crippen molar-refractivity contribution in [3.63, 3.8) is 0 Å². The van der Waals surface area contributed by atoms with Gasteiger partial charge in [0.15, 0.2) is 5.69 Å². The average molecular weight is 580 g/mol. The summed E-state index contributed by atoms with van der Waals surface area (Å²) >= 11 is -0.750. The maximum Gasteiger partial charge on any atom is 0.391 e. The van der Waals surface area contributed by atoms with Crippen LogP contribution >= 0.6 is 0 Å². The number of hydrogen-bond acceptors (Lipinski definition) is 5. The third-order valence-corrected chi connectivity index (χ3v) is 7.01. The first-order valence-electron chi connectivity index (χ1n) is 12.7. The zero-order valence-electron chi connectivity index (χ0n) is 22.3. The van der Waals surface area contributed by atoms with Crippen molar-refractivity contribution in [2.45, 2.75) is 79.1 Å². The summed E-state index contributed by atoms with van der Waals surface area (Å²) in [5, 5.41) is 7.38. The van der Waals surface area contributed by atoms with E-state index in [2.05, 4.69) is 17.3 Å². The molecule has 0 spiro atoms. The van der Waals surface area contributed by atoms with Crippen LogP contribution in [-0.2, 0) is 24.5 Å². The van der Waals surface area contributed by atoms with Gasteiger partial charge in [-0.3, -0.25) is 9.48 Å². The van der Waals surface area contributed by atoms with Gasteiger partial charge in [0.05, 0.1) is 11.6 Å². The van der Waals surface area contributed by atoms with Gasteiger partial charge in [0.1, 0.15) is 5.75 Å². The molecule has 0 bridgehead atoms. The van der Waals surface area contributed by atoms with Gasteiger partial charge in [0, 0.05) is 24.2 Å². The number of halogens is 5. The molecule has 13 heteroatoms. The van der Waals surface area contributed by atoms with Crippen LogP contribution in [-0.4, -0.2) is 43.4 Å². The summed E-state index contributed by atoms with van der Waals surface area (Å²) in [5.74, 6) is -1.12. The monoisotopic (exact) mass is 579 g/mol. The van der Waals surface area contributed by atoms with Crippen LogP contribution < -0.4 is 10.1 Å². The number of hydrogen-bond donors (Lipinski definition) is 1. The Kier molecular flexibility index (Phi) is 12.1. The average Bonchev–Trinajstić information content (AvgIpc) is 3.19. The topological polar surface area (TPSA) is 90.3 Å². The number of aromatic nitrogens is 2. The first-order valence-corrected chi connectivity index (χ1v) is 13.4. The van der Waals surface area contributed by atoms with Crippen LogP contribution in [0.1, 0.15) is 68.1 Å².